The molecule has 0 bridgehead atoms. The van der Waals surface area contributed by atoms with Crippen LogP contribution in [0.1, 0.15) is 18.2 Å². The van der Waals surface area contributed by atoms with Gasteiger partial charge in [0.2, 0.25) is 17.6 Å². The van der Waals surface area contributed by atoms with Crippen molar-refractivity contribution >= 4 is 35.0 Å². The fraction of sp³-hybridized carbons (Fsp3) is 0.250. The summed E-state index contributed by atoms with van der Waals surface area (Å²) in [6.45, 7) is 0.467. The van der Waals surface area contributed by atoms with Gasteiger partial charge in [-0.05, 0) is 48.7 Å². The van der Waals surface area contributed by atoms with Crippen molar-refractivity contribution in [2.45, 2.75) is 17.2 Å². The molecule has 4 rings (SSSR count). The Balaban J connectivity index is 1.52. The number of carbonyl (C=O) groups is 1. The lowest BCUT2D eigenvalue weighted by Gasteiger charge is -2.17. The van der Waals surface area contributed by atoms with Gasteiger partial charge in [0.25, 0.3) is 0 Å². The molecule has 8 heteroatoms. The molecule has 6 nitrogen and oxygen atoms in total. The minimum absolute atomic E-state index is 0.00435. The minimum Gasteiger partial charge on any atom is -0.495 e. The number of methoxy groups -OCH3 is 1. The summed E-state index contributed by atoms with van der Waals surface area (Å²) in [5, 5.41) is 4.55. The average molecular weight is 416 g/mol. The molecule has 1 saturated heterocycles. The highest BCUT2D eigenvalue weighted by atomic mass is 35.5. The van der Waals surface area contributed by atoms with Crippen LogP contribution in [0.15, 0.2) is 51.9 Å². The van der Waals surface area contributed by atoms with E-state index < -0.39 is 0 Å². The predicted molar refractivity (Wildman–Crippen MR) is 109 cm³/mol. The van der Waals surface area contributed by atoms with E-state index in [0.717, 1.165) is 11.3 Å². The predicted octanol–water partition coefficient (Wildman–Crippen LogP) is 4.64. The van der Waals surface area contributed by atoms with Crippen molar-refractivity contribution in [1.29, 1.82) is 0 Å². The Labute approximate surface area is 171 Å². The standard InChI is InChI=1S/C20H18ClN3O3S/c1-26-17-8-5-14(10-16(17)21)24-11-13(9-18(24)25)20-22-19(23-27-20)12-3-6-15(28-2)7-4-12/h3-8,10,13H,9,11H2,1-2H3. The molecule has 0 spiro atoms. The molecule has 0 aliphatic carbocycles. The summed E-state index contributed by atoms with van der Waals surface area (Å²) in [5.41, 5.74) is 1.61. The number of carbonyl (C=O) groups excluding carboxylic acids is 1. The van der Waals surface area contributed by atoms with Gasteiger partial charge in [0, 0.05) is 29.1 Å². The van der Waals surface area contributed by atoms with Crippen molar-refractivity contribution in [2.24, 2.45) is 0 Å². The topological polar surface area (TPSA) is 68.5 Å². The zero-order chi connectivity index (χ0) is 19.7. The van der Waals surface area contributed by atoms with Crippen molar-refractivity contribution in [3.05, 3.63) is 53.4 Å². The van der Waals surface area contributed by atoms with E-state index in [1.165, 1.54) is 4.90 Å². The van der Waals surface area contributed by atoms with E-state index in [4.69, 9.17) is 20.9 Å². The number of amides is 1. The highest BCUT2D eigenvalue weighted by molar-refractivity contribution is 7.98. The second kappa shape index (κ2) is 7.85. The van der Waals surface area contributed by atoms with E-state index in [1.807, 2.05) is 36.6 Å². The number of hydrogen-bond donors (Lipinski definition) is 0. The van der Waals surface area contributed by atoms with Gasteiger partial charge in [-0.25, -0.2) is 0 Å². The summed E-state index contributed by atoms with van der Waals surface area (Å²) >= 11 is 7.87. The second-order valence-electron chi connectivity index (χ2n) is 6.41. The molecule has 144 valence electrons. The summed E-state index contributed by atoms with van der Waals surface area (Å²) in [6, 6.07) is 13.3. The first-order valence-electron chi connectivity index (χ1n) is 8.71. The van der Waals surface area contributed by atoms with Gasteiger partial charge in [-0.1, -0.05) is 16.8 Å². The van der Waals surface area contributed by atoms with Gasteiger partial charge < -0.3 is 14.2 Å². The molecule has 1 aliphatic heterocycles. The Morgan fingerprint density at radius 3 is 2.71 bits per heavy atom. The first-order valence-corrected chi connectivity index (χ1v) is 10.3. The van der Waals surface area contributed by atoms with Crippen molar-refractivity contribution in [2.75, 3.05) is 24.8 Å². The largest absolute Gasteiger partial charge is 0.495 e. The molecular formula is C20H18ClN3O3S. The fourth-order valence-corrected chi connectivity index (χ4v) is 3.86. The number of anilines is 1. The lowest BCUT2D eigenvalue weighted by atomic mass is 10.1. The van der Waals surface area contributed by atoms with Crippen LogP contribution < -0.4 is 9.64 Å². The lowest BCUT2D eigenvalue weighted by molar-refractivity contribution is -0.117. The van der Waals surface area contributed by atoms with Crippen LogP contribution in [-0.2, 0) is 4.79 Å². The molecule has 2 aromatic carbocycles. The maximum atomic E-state index is 12.5. The lowest BCUT2D eigenvalue weighted by Crippen LogP contribution is -2.24. The third kappa shape index (κ3) is 3.59. The van der Waals surface area contributed by atoms with Crippen molar-refractivity contribution in [3.63, 3.8) is 0 Å². The highest BCUT2D eigenvalue weighted by Gasteiger charge is 2.35. The van der Waals surface area contributed by atoms with Crippen LogP contribution in [-0.4, -0.2) is 36.0 Å². The van der Waals surface area contributed by atoms with Crippen molar-refractivity contribution in [1.82, 2.24) is 10.1 Å². The molecule has 1 fully saturated rings. The zero-order valence-electron chi connectivity index (χ0n) is 15.4. The van der Waals surface area contributed by atoms with E-state index in [0.29, 0.717) is 35.5 Å². The molecule has 1 aromatic heterocycles. The maximum absolute atomic E-state index is 12.5. The number of rotatable bonds is 5. The van der Waals surface area contributed by atoms with Gasteiger partial charge in [-0.15, -0.1) is 11.8 Å². The van der Waals surface area contributed by atoms with Crippen LogP contribution in [0.2, 0.25) is 5.02 Å². The van der Waals surface area contributed by atoms with Gasteiger partial charge in [-0.2, -0.15) is 4.98 Å². The van der Waals surface area contributed by atoms with Gasteiger partial charge in [0.15, 0.2) is 0 Å². The van der Waals surface area contributed by atoms with Crippen molar-refractivity contribution < 1.29 is 14.1 Å². The Morgan fingerprint density at radius 2 is 2.04 bits per heavy atom. The SMILES string of the molecule is COc1ccc(N2CC(c3nc(-c4ccc(SC)cc4)no3)CC2=O)cc1Cl. The third-order valence-corrected chi connectivity index (χ3v) is 5.75. The molecule has 0 saturated carbocycles. The van der Waals surface area contributed by atoms with Crippen LogP contribution >= 0.6 is 23.4 Å². The molecule has 1 amide bonds. The molecule has 1 unspecified atom stereocenters. The molecule has 28 heavy (non-hydrogen) atoms. The molecular weight excluding hydrogens is 398 g/mol. The number of aromatic nitrogens is 2. The fourth-order valence-electron chi connectivity index (χ4n) is 3.20. The minimum atomic E-state index is -0.153. The Kier molecular flexibility index (Phi) is 5.28. The zero-order valence-corrected chi connectivity index (χ0v) is 17.0. The Morgan fingerprint density at radius 1 is 1.25 bits per heavy atom. The van der Waals surface area contributed by atoms with Crippen LogP contribution in [0.3, 0.4) is 0 Å². The summed E-state index contributed by atoms with van der Waals surface area (Å²) < 4.78 is 10.6. The molecule has 1 aliphatic rings. The molecule has 1 atom stereocenters. The van der Waals surface area contributed by atoms with E-state index >= 15 is 0 Å². The number of hydrogen-bond acceptors (Lipinski definition) is 6. The van der Waals surface area contributed by atoms with E-state index in [2.05, 4.69) is 10.1 Å². The molecule has 0 N–H and O–H groups in total. The number of nitrogens with zero attached hydrogens (tertiary/aromatic N) is 3. The Hall–Kier alpha value is -2.51. The van der Waals surface area contributed by atoms with E-state index in [9.17, 15) is 4.79 Å². The normalized spacial score (nSPS) is 16.6. The summed E-state index contributed by atoms with van der Waals surface area (Å²) in [5.74, 6) is 1.42. The average Bonchev–Trinajstić information content (AvgIpc) is 3.35. The quantitative estimate of drug-likeness (QED) is 0.565. The molecule has 3 aromatic rings. The molecule has 0 radical (unpaired) electrons. The first kappa shape index (κ1) is 18.8. The second-order valence-corrected chi connectivity index (χ2v) is 7.70. The van der Waals surface area contributed by atoms with Crippen LogP contribution in [0, 0.1) is 0 Å². The monoisotopic (exact) mass is 415 g/mol. The summed E-state index contributed by atoms with van der Waals surface area (Å²) in [7, 11) is 1.56. The van der Waals surface area contributed by atoms with Gasteiger partial charge in [0.1, 0.15) is 5.75 Å². The van der Waals surface area contributed by atoms with Crippen LogP contribution in [0.4, 0.5) is 5.69 Å². The number of benzene rings is 2. The summed E-state index contributed by atoms with van der Waals surface area (Å²) in [4.78, 5) is 19.9. The smallest absolute Gasteiger partial charge is 0.232 e. The third-order valence-electron chi connectivity index (χ3n) is 4.71. The van der Waals surface area contributed by atoms with Crippen LogP contribution in [0.25, 0.3) is 11.4 Å². The molecule has 2 heterocycles. The van der Waals surface area contributed by atoms with Gasteiger partial charge in [0.05, 0.1) is 18.1 Å². The number of halogens is 1. The Bertz CT molecular complexity index is 1010. The van der Waals surface area contributed by atoms with Crippen LogP contribution in [0.5, 0.6) is 5.75 Å². The first-order chi connectivity index (χ1) is 13.6. The highest BCUT2D eigenvalue weighted by Crippen LogP contribution is 2.35. The summed E-state index contributed by atoms with van der Waals surface area (Å²) in [6.07, 6.45) is 2.34. The van der Waals surface area contributed by atoms with Crippen molar-refractivity contribution in [3.8, 4) is 17.1 Å². The number of thioether (sulfide) groups is 1. The van der Waals surface area contributed by atoms with Gasteiger partial charge >= 0.3 is 0 Å². The maximum Gasteiger partial charge on any atom is 0.232 e. The number of ether oxygens (including phenoxy) is 1. The van der Waals surface area contributed by atoms with E-state index in [1.54, 1.807) is 35.9 Å². The van der Waals surface area contributed by atoms with E-state index in [-0.39, 0.29) is 11.8 Å². The van der Waals surface area contributed by atoms with Gasteiger partial charge in [-0.3, -0.25) is 4.79 Å².